The number of hydrogen-bond donors (Lipinski definition) is 0. The molecule has 1 aromatic heterocycles. The number of nitrogens with zero attached hydrogens (tertiary/aromatic N) is 1. The smallest absolute Gasteiger partial charge is 0.399 e. The number of fused-ring (bicyclic) bond motifs is 3. The van der Waals surface area contributed by atoms with Crippen molar-refractivity contribution in [1.29, 1.82) is 0 Å². The Kier molecular flexibility index (Phi) is 3.69. The molecule has 0 amide bonds. The zero-order valence-electron chi connectivity index (χ0n) is 16.7. The van der Waals surface area contributed by atoms with Crippen LogP contribution in [0.15, 0.2) is 54.6 Å². The fourth-order valence-corrected chi connectivity index (χ4v) is 3.91. The summed E-state index contributed by atoms with van der Waals surface area (Å²) in [5, 5.41) is 1.22. The van der Waals surface area contributed by atoms with Gasteiger partial charge in [-0.25, -0.2) is 0 Å². The molecule has 28 heavy (non-hydrogen) atoms. The number of allylic oxidation sites excluding steroid dienone is 2. The third-order valence-corrected chi connectivity index (χ3v) is 6.18. The Morgan fingerprint density at radius 2 is 1.64 bits per heavy atom. The van der Waals surface area contributed by atoms with Crippen molar-refractivity contribution < 1.29 is 9.31 Å². The molecule has 1 aliphatic carbocycles. The Labute approximate surface area is 166 Å². The summed E-state index contributed by atoms with van der Waals surface area (Å²) in [5.74, 6) is 0. The summed E-state index contributed by atoms with van der Waals surface area (Å²) in [5.41, 5.74) is 4.98. The lowest BCUT2D eigenvalue weighted by Crippen LogP contribution is -2.41. The van der Waals surface area contributed by atoms with Crippen molar-refractivity contribution in [3.63, 3.8) is 0 Å². The van der Waals surface area contributed by atoms with E-state index in [-0.39, 0.29) is 18.3 Å². The maximum absolute atomic E-state index is 6.28. The van der Waals surface area contributed by atoms with E-state index in [0.717, 1.165) is 22.4 Å². The molecule has 1 fully saturated rings. The van der Waals surface area contributed by atoms with Crippen LogP contribution in [0.25, 0.3) is 28.7 Å². The van der Waals surface area contributed by atoms with E-state index in [1.165, 1.54) is 10.9 Å². The van der Waals surface area contributed by atoms with Gasteiger partial charge in [-0.05, 0) is 51.4 Å². The second kappa shape index (κ2) is 5.92. The van der Waals surface area contributed by atoms with Crippen molar-refractivity contribution in [1.82, 2.24) is 4.57 Å². The highest BCUT2D eigenvalue weighted by Crippen LogP contribution is 2.37. The molecule has 138 valence electrons. The highest BCUT2D eigenvalue weighted by Gasteiger charge is 2.51. The normalized spacial score (nSPS) is 19.1. The van der Waals surface area contributed by atoms with E-state index in [1.54, 1.807) is 0 Å². The van der Waals surface area contributed by atoms with Crippen molar-refractivity contribution in [3.8, 4) is 5.69 Å². The van der Waals surface area contributed by atoms with Gasteiger partial charge in [-0.1, -0.05) is 30.3 Å². The molecule has 2 aliphatic rings. The van der Waals surface area contributed by atoms with Crippen molar-refractivity contribution in [3.05, 3.63) is 71.9 Å². The molecule has 5 rings (SSSR count). The van der Waals surface area contributed by atoms with Crippen molar-refractivity contribution in [2.24, 2.45) is 0 Å². The Hall–Kier alpha value is -2.65. The minimum Gasteiger partial charge on any atom is -0.399 e. The van der Waals surface area contributed by atoms with Crippen LogP contribution in [0, 0.1) is 6.08 Å². The zero-order chi connectivity index (χ0) is 19.5. The number of rotatable bonds is 2. The molecule has 4 heteroatoms. The van der Waals surface area contributed by atoms with Gasteiger partial charge in [-0.3, -0.25) is 4.57 Å². The molecular formula is C24H23BNO2+. The number of aromatic nitrogens is 1. The molecule has 0 atom stereocenters. The molecule has 0 radical (unpaired) electrons. The first-order valence-electron chi connectivity index (χ1n) is 9.73. The third-order valence-electron chi connectivity index (χ3n) is 6.18. The second-order valence-corrected chi connectivity index (χ2v) is 8.48. The summed E-state index contributed by atoms with van der Waals surface area (Å²) in [7, 11) is -0.372. The maximum atomic E-state index is 6.28. The lowest BCUT2D eigenvalue weighted by Gasteiger charge is -2.32. The van der Waals surface area contributed by atoms with Gasteiger partial charge in [0.1, 0.15) is 17.7 Å². The third kappa shape index (κ3) is 2.50. The topological polar surface area (TPSA) is 23.4 Å². The Morgan fingerprint density at radius 1 is 0.929 bits per heavy atom. The highest BCUT2D eigenvalue weighted by atomic mass is 16.7. The minimum absolute atomic E-state index is 0.353. The molecule has 3 aromatic rings. The van der Waals surface area contributed by atoms with Crippen molar-refractivity contribution >= 4 is 35.6 Å². The van der Waals surface area contributed by atoms with Crippen LogP contribution in [0.4, 0.5) is 0 Å². The standard InChI is InChI=1S/C24H23BNO2/c1-23(2)24(3,4)28-25(27-23)17-14-15-20-19-12-8-9-13-21(19)26(22(20)16-17)18-10-6-5-7-11-18/h5-8,10-16H,1-4H3/q+1. The van der Waals surface area contributed by atoms with E-state index in [4.69, 9.17) is 9.31 Å². The minimum atomic E-state index is -0.372. The maximum Gasteiger partial charge on any atom is 0.494 e. The predicted molar refractivity (Wildman–Crippen MR) is 116 cm³/mol. The fraction of sp³-hybridized carbons (Fsp3) is 0.250. The molecule has 1 saturated heterocycles. The first-order valence-corrected chi connectivity index (χ1v) is 9.73. The molecule has 0 unspecified atom stereocenters. The van der Waals surface area contributed by atoms with Crippen LogP contribution >= 0.6 is 0 Å². The van der Waals surface area contributed by atoms with E-state index < -0.39 is 0 Å². The summed E-state index contributed by atoms with van der Waals surface area (Å²) in [6, 6.07) is 16.9. The van der Waals surface area contributed by atoms with Crippen LogP contribution in [0.3, 0.4) is 0 Å². The average Bonchev–Trinajstić information content (AvgIpc) is 3.12. The molecular weight excluding hydrogens is 345 g/mol. The summed E-state index contributed by atoms with van der Waals surface area (Å²) in [4.78, 5) is 0. The van der Waals surface area contributed by atoms with Crippen LogP contribution in [0.5, 0.6) is 0 Å². The first kappa shape index (κ1) is 17.5. The number of para-hydroxylation sites is 1. The zero-order valence-corrected chi connectivity index (χ0v) is 16.7. The van der Waals surface area contributed by atoms with Crippen molar-refractivity contribution in [2.75, 3.05) is 0 Å². The van der Waals surface area contributed by atoms with Crippen LogP contribution in [0.1, 0.15) is 39.0 Å². The van der Waals surface area contributed by atoms with Crippen molar-refractivity contribution in [2.45, 2.75) is 38.9 Å². The molecule has 0 bridgehead atoms. The van der Waals surface area contributed by atoms with Gasteiger partial charge in [0.2, 0.25) is 0 Å². The van der Waals surface area contributed by atoms with E-state index in [1.807, 2.05) is 12.1 Å². The van der Waals surface area contributed by atoms with E-state index in [9.17, 15) is 0 Å². The largest absolute Gasteiger partial charge is 0.494 e. The summed E-state index contributed by atoms with van der Waals surface area (Å²) in [6.45, 7) is 8.34. The Morgan fingerprint density at radius 3 is 2.36 bits per heavy atom. The van der Waals surface area contributed by atoms with Crippen LogP contribution in [-0.4, -0.2) is 22.9 Å². The first-order chi connectivity index (χ1) is 13.4. The molecule has 0 saturated carbocycles. The predicted octanol–water partition coefficient (Wildman–Crippen LogP) is 4.77. The highest BCUT2D eigenvalue weighted by molar-refractivity contribution is 6.62. The summed E-state index contributed by atoms with van der Waals surface area (Å²) in [6.07, 6.45) is 9.38. The monoisotopic (exact) mass is 368 g/mol. The van der Waals surface area contributed by atoms with Gasteiger partial charge in [0, 0.05) is 11.5 Å². The van der Waals surface area contributed by atoms with Gasteiger partial charge in [0.25, 0.3) is 0 Å². The molecule has 2 heterocycles. The van der Waals surface area contributed by atoms with Gasteiger partial charge < -0.3 is 9.31 Å². The lowest BCUT2D eigenvalue weighted by molar-refractivity contribution is 0.00578. The van der Waals surface area contributed by atoms with E-state index in [2.05, 4.69) is 93.0 Å². The van der Waals surface area contributed by atoms with E-state index in [0.29, 0.717) is 0 Å². The lowest BCUT2D eigenvalue weighted by atomic mass is 9.78. The number of hydrogen-bond acceptors (Lipinski definition) is 2. The van der Waals surface area contributed by atoms with Crippen LogP contribution in [0.2, 0.25) is 0 Å². The van der Waals surface area contributed by atoms with E-state index >= 15 is 0 Å². The van der Waals surface area contributed by atoms with Crippen LogP contribution in [-0.2, 0) is 9.31 Å². The Bertz CT molecular complexity index is 1110. The van der Waals surface area contributed by atoms with Gasteiger partial charge in [-0.2, -0.15) is 0 Å². The number of benzene rings is 2. The van der Waals surface area contributed by atoms with Gasteiger partial charge in [0.15, 0.2) is 5.69 Å². The van der Waals surface area contributed by atoms with Crippen LogP contribution < -0.4 is 5.46 Å². The van der Waals surface area contributed by atoms with Gasteiger partial charge in [0.05, 0.1) is 28.5 Å². The van der Waals surface area contributed by atoms with Gasteiger partial charge >= 0.3 is 7.12 Å². The molecule has 0 spiro atoms. The molecule has 2 aromatic carbocycles. The summed E-state index contributed by atoms with van der Waals surface area (Å²) < 4.78 is 14.8. The average molecular weight is 368 g/mol. The Balaban J connectivity index is 1.70. The van der Waals surface area contributed by atoms with Gasteiger partial charge in [-0.15, -0.1) is 0 Å². The molecule has 0 N–H and O–H groups in total. The summed E-state index contributed by atoms with van der Waals surface area (Å²) >= 11 is 0. The second-order valence-electron chi connectivity index (χ2n) is 8.48. The molecule has 3 nitrogen and oxygen atoms in total. The quantitative estimate of drug-likeness (QED) is 0.480. The molecule has 1 aliphatic heterocycles. The fourth-order valence-electron chi connectivity index (χ4n) is 3.91. The SMILES string of the molecule is CC1(C)OB(c2ccc3c4c(n(-c5ccccc5)c3c2)C=[C+]C=C4)OC1(C)C.